The van der Waals surface area contributed by atoms with Crippen molar-refractivity contribution in [1.82, 2.24) is 25.3 Å². The van der Waals surface area contributed by atoms with Gasteiger partial charge in [-0.3, -0.25) is 9.69 Å². The largest absolute Gasteiger partial charge is 0.351 e. The number of likely N-dealkylation sites (N-methyl/N-ethyl adjacent to an activating group) is 1. The number of benzene rings is 1. The van der Waals surface area contributed by atoms with E-state index in [0.29, 0.717) is 12.0 Å². The molecule has 0 saturated carbocycles. The first-order valence-electron chi connectivity index (χ1n) is 9.43. The number of aromatic nitrogens is 2. The Labute approximate surface area is 178 Å². The van der Waals surface area contributed by atoms with E-state index in [0.717, 1.165) is 37.3 Å². The number of nitrogens with one attached hydrogen (secondary N) is 2. The van der Waals surface area contributed by atoms with Crippen molar-refractivity contribution in [3.8, 4) is 5.69 Å². The monoisotopic (exact) mass is 425 g/mol. The maximum absolute atomic E-state index is 12.8. The Bertz CT molecular complexity index is 762. The fourth-order valence-electron chi connectivity index (χ4n) is 4.42. The highest BCUT2D eigenvalue weighted by Gasteiger charge is 2.45. The van der Waals surface area contributed by atoms with Crippen LogP contribution in [0.15, 0.2) is 42.7 Å². The zero-order valence-corrected chi connectivity index (χ0v) is 17.8. The molecule has 1 unspecified atom stereocenters. The highest BCUT2D eigenvalue weighted by Crippen LogP contribution is 2.41. The molecule has 0 radical (unpaired) electrons. The number of likely N-dealkylation sites (tertiary alicyclic amines) is 1. The number of hydrogen-bond donors (Lipinski definition) is 2. The third-order valence-electron chi connectivity index (χ3n) is 5.86. The lowest BCUT2D eigenvalue weighted by Gasteiger charge is -2.33. The zero-order valence-electron chi connectivity index (χ0n) is 16.1. The third kappa shape index (κ3) is 4.87. The minimum absolute atomic E-state index is 0. The average molecular weight is 426 g/mol. The number of rotatable bonds is 4. The van der Waals surface area contributed by atoms with Crippen LogP contribution >= 0.6 is 24.8 Å². The van der Waals surface area contributed by atoms with Crippen LogP contribution in [-0.4, -0.2) is 53.3 Å². The fraction of sp³-hybridized carbons (Fsp3) is 0.500. The van der Waals surface area contributed by atoms with Gasteiger partial charge in [0, 0.05) is 25.5 Å². The van der Waals surface area contributed by atoms with E-state index in [-0.39, 0.29) is 36.8 Å². The van der Waals surface area contributed by atoms with Crippen LogP contribution in [0.4, 0.5) is 0 Å². The molecular formula is C20H29Cl2N5O. The van der Waals surface area contributed by atoms with Gasteiger partial charge in [-0.25, -0.2) is 4.68 Å². The Balaban J connectivity index is 0.00000140. The summed E-state index contributed by atoms with van der Waals surface area (Å²) in [6.45, 7) is 3.72. The van der Waals surface area contributed by atoms with Gasteiger partial charge in [0.15, 0.2) is 0 Å². The molecule has 1 aromatic carbocycles. The predicted octanol–water partition coefficient (Wildman–Crippen LogP) is 2.41. The molecule has 2 aromatic rings. The topological polar surface area (TPSA) is 62.2 Å². The molecule has 1 spiro atoms. The molecule has 2 aliphatic rings. The van der Waals surface area contributed by atoms with E-state index in [2.05, 4.69) is 33.7 Å². The highest BCUT2D eigenvalue weighted by atomic mass is 35.5. The SMILES string of the molecule is CN1CC2(CCNCC2)CC1C(=O)NCc1cccc(-n2cccn2)c1.Cl.Cl. The van der Waals surface area contributed by atoms with Crippen LogP contribution in [0.3, 0.4) is 0 Å². The smallest absolute Gasteiger partial charge is 0.237 e. The lowest BCUT2D eigenvalue weighted by atomic mass is 9.77. The Morgan fingerprint density at radius 1 is 1.29 bits per heavy atom. The van der Waals surface area contributed by atoms with Crippen molar-refractivity contribution in [3.63, 3.8) is 0 Å². The van der Waals surface area contributed by atoms with Gasteiger partial charge in [0.25, 0.3) is 0 Å². The van der Waals surface area contributed by atoms with Gasteiger partial charge >= 0.3 is 0 Å². The van der Waals surface area contributed by atoms with Crippen LogP contribution in [0.1, 0.15) is 24.8 Å². The minimum atomic E-state index is -0.0117. The van der Waals surface area contributed by atoms with Gasteiger partial charge in [-0.15, -0.1) is 24.8 Å². The number of nitrogens with zero attached hydrogens (tertiary/aromatic N) is 3. The zero-order chi connectivity index (χ0) is 18.0. The van der Waals surface area contributed by atoms with Crippen molar-refractivity contribution in [2.45, 2.75) is 31.8 Å². The number of amides is 1. The van der Waals surface area contributed by atoms with Crippen molar-refractivity contribution < 1.29 is 4.79 Å². The van der Waals surface area contributed by atoms with Gasteiger partial charge in [0.1, 0.15) is 0 Å². The molecule has 0 bridgehead atoms. The molecule has 28 heavy (non-hydrogen) atoms. The third-order valence-corrected chi connectivity index (χ3v) is 5.86. The second-order valence-corrected chi connectivity index (χ2v) is 7.72. The number of piperidine rings is 1. The molecule has 2 fully saturated rings. The van der Waals surface area contributed by atoms with Gasteiger partial charge in [-0.1, -0.05) is 12.1 Å². The summed E-state index contributed by atoms with van der Waals surface area (Å²) in [5.41, 5.74) is 2.42. The molecule has 2 saturated heterocycles. The van der Waals surface area contributed by atoms with Crippen molar-refractivity contribution in [1.29, 1.82) is 0 Å². The molecule has 3 heterocycles. The molecule has 4 rings (SSSR count). The normalized spacial score (nSPS) is 21.0. The van der Waals surface area contributed by atoms with E-state index in [1.165, 1.54) is 12.8 Å². The molecule has 8 heteroatoms. The first kappa shape index (κ1) is 22.7. The standard InChI is InChI=1S/C20H27N5O.2ClH/c1-24-15-20(6-9-21-10-7-20)13-18(24)19(26)22-14-16-4-2-5-17(12-16)25-11-3-8-23-25;;/h2-5,8,11-12,18,21H,6-7,9-10,13-15H2,1H3,(H,22,26);2*1H. The van der Waals surface area contributed by atoms with Crippen molar-refractivity contribution >= 4 is 30.7 Å². The fourth-order valence-corrected chi connectivity index (χ4v) is 4.42. The number of carbonyl (C=O) groups excluding carboxylic acids is 1. The summed E-state index contributed by atoms with van der Waals surface area (Å²) >= 11 is 0. The molecule has 1 aromatic heterocycles. The molecule has 1 amide bonds. The summed E-state index contributed by atoms with van der Waals surface area (Å²) in [4.78, 5) is 15.0. The number of halogens is 2. The lowest BCUT2D eigenvalue weighted by molar-refractivity contribution is -0.125. The highest BCUT2D eigenvalue weighted by molar-refractivity contribution is 5.85. The summed E-state index contributed by atoms with van der Waals surface area (Å²) in [6, 6.07) is 10.0. The van der Waals surface area contributed by atoms with Crippen LogP contribution in [0.5, 0.6) is 0 Å². The van der Waals surface area contributed by atoms with E-state index >= 15 is 0 Å². The van der Waals surface area contributed by atoms with Crippen LogP contribution in [0.25, 0.3) is 5.69 Å². The maximum atomic E-state index is 12.8. The van der Waals surface area contributed by atoms with Gasteiger partial charge in [-0.05, 0) is 68.6 Å². The molecule has 6 nitrogen and oxygen atoms in total. The Kier molecular flexibility index (Phi) is 7.89. The van der Waals surface area contributed by atoms with Gasteiger partial charge < -0.3 is 10.6 Å². The molecule has 0 aliphatic carbocycles. The molecule has 1 atom stereocenters. The van der Waals surface area contributed by atoms with E-state index in [9.17, 15) is 4.79 Å². The van der Waals surface area contributed by atoms with Gasteiger partial charge in [0.2, 0.25) is 5.91 Å². The van der Waals surface area contributed by atoms with Crippen LogP contribution in [-0.2, 0) is 11.3 Å². The number of hydrogen-bond acceptors (Lipinski definition) is 4. The first-order chi connectivity index (χ1) is 12.7. The molecular weight excluding hydrogens is 397 g/mol. The summed E-state index contributed by atoms with van der Waals surface area (Å²) in [5.74, 6) is 0.146. The minimum Gasteiger partial charge on any atom is -0.351 e. The Hall–Kier alpha value is -1.60. The van der Waals surface area contributed by atoms with Crippen molar-refractivity contribution in [3.05, 3.63) is 48.3 Å². The lowest BCUT2D eigenvalue weighted by Crippen LogP contribution is -2.41. The Morgan fingerprint density at radius 3 is 2.79 bits per heavy atom. The molecule has 154 valence electrons. The quantitative estimate of drug-likeness (QED) is 0.789. The van der Waals surface area contributed by atoms with Crippen LogP contribution in [0, 0.1) is 5.41 Å². The van der Waals surface area contributed by atoms with Gasteiger partial charge in [0.05, 0.1) is 11.7 Å². The Morgan fingerprint density at radius 2 is 2.07 bits per heavy atom. The van der Waals surface area contributed by atoms with Crippen LogP contribution < -0.4 is 10.6 Å². The van der Waals surface area contributed by atoms with E-state index in [1.807, 2.05) is 35.1 Å². The van der Waals surface area contributed by atoms with E-state index < -0.39 is 0 Å². The second-order valence-electron chi connectivity index (χ2n) is 7.72. The first-order valence-corrected chi connectivity index (χ1v) is 9.43. The predicted molar refractivity (Wildman–Crippen MR) is 115 cm³/mol. The summed E-state index contributed by atoms with van der Waals surface area (Å²) < 4.78 is 1.83. The molecule has 2 N–H and O–H groups in total. The number of carbonyl (C=O) groups is 1. The van der Waals surface area contributed by atoms with E-state index in [4.69, 9.17) is 0 Å². The second kappa shape index (κ2) is 9.74. The summed E-state index contributed by atoms with van der Waals surface area (Å²) in [7, 11) is 2.08. The van der Waals surface area contributed by atoms with Crippen molar-refractivity contribution in [2.75, 3.05) is 26.7 Å². The van der Waals surface area contributed by atoms with Crippen molar-refractivity contribution in [2.24, 2.45) is 5.41 Å². The average Bonchev–Trinajstić information content (AvgIpc) is 3.29. The summed E-state index contributed by atoms with van der Waals surface area (Å²) in [5, 5.41) is 10.8. The summed E-state index contributed by atoms with van der Waals surface area (Å²) in [6.07, 6.45) is 7.01. The van der Waals surface area contributed by atoms with Gasteiger partial charge in [-0.2, -0.15) is 5.10 Å². The molecule has 2 aliphatic heterocycles. The van der Waals surface area contributed by atoms with E-state index in [1.54, 1.807) is 6.20 Å². The van der Waals surface area contributed by atoms with Crippen LogP contribution in [0.2, 0.25) is 0 Å². The maximum Gasteiger partial charge on any atom is 0.237 e.